The Kier molecular flexibility index (Phi) is 5.37. The Labute approximate surface area is 142 Å². The molecule has 1 saturated heterocycles. The Hall–Kier alpha value is -2.05. The number of nitrogens with two attached hydrogens (primary N) is 1. The summed E-state index contributed by atoms with van der Waals surface area (Å²) in [4.78, 5) is 19.8. The van der Waals surface area contributed by atoms with Crippen molar-refractivity contribution in [2.24, 2.45) is 5.92 Å². The van der Waals surface area contributed by atoms with Crippen molar-refractivity contribution in [1.29, 1.82) is 0 Å². The highest BCUT2D eigenvalue weighted by Gasteiger charge is 2.30. The van der Waals surface area contributed by atoms with E-state index in [1.165, 1.54) is 11.9 Å². The molecule has 4 N–H and O–H groups in total. The van der Waals surface area contributed by atoms with Gasteiger partial charge in [0.1, 0.15) is 18.4 Å². The normalized spacial score (nSPS) is 22.4. The maximum atomic E-state index is 11.4. The summed E-state index contributed by atoms with van der Waals surface area (Å²) in [6, 6.07) is 6.22. The van der Waals surface area contributed by atoms with Crippen LogP contribution in [0, 0.1) is 5.92 Å². The molecule has 1 aliphatic heterocycles. The molecule has 1 aromatic heterocycles. The standard InChI is InChI=1S/C18H25N5O/c1-2-3-13(17-16(10-24)20-6-7-21-17)8-12-4-5-14-15(9-12)22-11-23-18(14)19/h4-5,9-11,13,16-17,20-21H,2-3,6-8H2,1H3,(H2,19,22,23). The fourth-order valence-electron chi connectivity index (χ4n) is 3.66. The summed E-state index contributed by atoms with van der Waals surface area (Å²) in [6.45, 7) is 3.93. The van der Waals surface area contributed by atoms with E-state index in [0.29, 0.717) is 11.7 Å². The Morgan fingerprint density at radius 2 is 2.17 bits per heavy atom. The third-order valence-electron chi connectivity index (χ3n) is 4.82. The minimum absolute atomic E-state index is 0.117. The topological polar surface area (TPSA) is 92.9 Å². The summed E-state index contributed by atoms with van der Waals surface area (Å²) in [7, 11) is 0. The first-order valence-electron chi connectivity index (χ1n) is 8.64. The lowest BCUT2D eigenvalue weighted by Gasteiger charge is -2.36. The van der Waals surface area contributed by atoms with Crippen LogP contribution in [-0.2, 0) is 11.2 Å². The molecule has 3 atom stereocenters. The smallest absolute Gasteiger partial charge is 0.138 e. The number of carbonyl (C=O) groups excluding carboxylic acids is 1. The summed E-state index contributed by atoms with van der Waals surface area (Å²) >= 11 is 0. The van der Waals surface area contributed by atoms with Crippen LogP contribution in [0.15, 0.2) is 24.5 Å². The van der Waals surface area contributed by atoms with E-state index in [1.807, 2.05) is 6.07 Å². The Morgan fingerprint density at radius 3 is 2.96 bits per heavy atom. The molecular formula is C18H25N5O. The van der Waals surface area contributed by atoms with Crippen LogP contribution in [0.4, 0.5) is 5.82 Å². The summed E-state index contributed by atoms with van der Waals surface area (Å²) in [5.41, 5.74) is 7.99. The third kappa shape index (κ3) is 3.55. The van der Waals surface area contributed by atoms with Crippen molar-refractivity contribution in [1.82, 2.24) is 20.6 Å². The van der Waals surface area contributed by atoms with Gasteiger partial charge in [-0.1, -0.05) is 19.4 Å². The number of nitrogen functional groups attached to an aromatic ring is 1. The summed E-state index contributed by atoms with van der Waals surface area (Å²) in [5.74, 6) is 0.908. The number of benzene rings is 1. The molecule has 6 nitrogen and oxygen atoms in total. The second-order valence-electron chi connectivity index (χ2n) is 6.46. The summed E-state index contributed by atoms with van der Waals surface area (Å²) in [5, 5.41) is 7.73. The van der Waals surface area contributed by atoms with Gasteiger partial charge >= 0.3 is 0 Å². The van der Waals surface area contributed by atoms with E-state index >= 15 is 0 Å². The molecule has 3 unspecified atom stereocenters. The van der Waals surface area contributed by atoms with Gasteiger partial charge in [0.2, 0.25) is 0 Å². The predicted molar refractivity (Wildman–Crippen MR) is 95.7 cm³/mol. The predicted octanol–water partition coefficient (Wildman–Crippen LogP) is 1.30. The van der Waals surface area contributed by atoms with Crippen molar-refractivity contribution in [2.75, 3.05) is 18.8 Å². The minimum atomic E-state index is -0.117. The Bertz CT molecular complexity index is 705. The van der Waals surface area contributed by atoms with Crippen molar-refractivity contribution in [3.8, 4) is 0 Å². The number of nitrogens with one attached hydrogen (secondary N) is 2. The van der Waals surface area contributed by atoms with E-state index in [-0.39, 0.29) is 12.1 Å². The molecule has 1 fully saturated rings. The van der Waals surface area contributed by atoms with Crippen LogP contribution < -0.4 is 16.4 Å². The number of aromatic nitrogens is 2. The van der Waals surface area contributed by atoms with E-state index in [4.69, 9.17) is 5.73 Å². The maximum absolute atomic E-state index is 11.4. The van der Waals surface area contributed by atoms with Crippen LogP contribution >= 0.6 is 0 Å². The van der Waals surface area contributed by atoms with Crippen LogP contribution in [0.5, 0.6) is 0 Å². The number of nitrogens with zero attached hydrogens (tertiary/aromatic N) is 2. The van der Waals surface area contributed by atoms with Crippen molar-refractivity contribution in [3.05, 3.63) is 30.1 Å². The number of hydrogen-bond donors (Lipinski definition) is 3. The second-order valence-corrected chi connectivity index (χ2v) is 6.46. The third-order valence-corrected chi connectivity index (χ3v) is 4.82. The lowest BCUT2D eigenvalue weighted by molar-refractivity contribution is -0.111. The molecule has 0 aliphatic carbocycles. The average Bonchev–Trinajstić information content (AvgIpc) is 2.61. The first-order valence-corrected chi connectivity index (χ1v) is 8.64. The molecule has 0 spiro atoms. The number of fused-ring (bicyclic) bond motifs is 1. The first-order chi connectivity index (χ1) is 11.7. The van der Waals surface area contributed by atoms with Gasteiger partial charge in [-0.25, -0.2) is 9.97 Å². The van der Waals surface area contributed by atoms with Crippen molar-refractivity contribution >= 4 is 23.0 Å². The van der Waals surface area contributed by atoms with E-state index < -0.39 is 0 Å². The van der Waals surface area contributed by atoms with Crippen LogP contribution in [0.2, 0.25) is 0 Å². The molecule has 0 saturated carbocycles. The quantitative estimate of drug-likeness (QED) is 0.693. The van der Waals surface area contributed by atoms with Gasteiger partial charge in [-0.3, -0.25) is 0 Å². The molecular weight excluding hydrogens is 302 g/mol. The van der Waals surface area contributed by atoms with Crippen LogP contribution in [0.1, 0.15) is 25.3 Å². The molecule has 128 valence electrons. The molecule has 1 aliphatic rings. The lowest BCUT2D eigenvalue weighted by atomic mass is 9.84. The second kappa shape index (κ2) is 7.68. The maximum Gasteiger partial charge on any atom is 0.138 e. The van der Waals surface area contributed by atoms with Gasteiger partial charge < -0.3 is 21.2 Å². The summed E-state index contributed by atoms with van der Waals surface area (Å²) < 4.78 is 0. The van der Waals surface area contributed by atoms with Gasteiger partial charge in [0.05, 0.1) is 11.6 Å². The first kappa shape index (κ1) is 16.8. The van der Waals surface area contributed by atoms with Crippen LogP contribution in [0.25, 0.3) is 10.9 Å². The van der Waals surface area contributed by atoms with Gasteiger partial charge in [-0.2, -0.15) is 0 Å². The molecule has 0 radical (unpaired) electrons. The number of anilines is 1. The highest BCUT2D eigenvalue weighted by atomic mass is 16.1. The van der Waals surface area contributed by atoms with Crippen LogP contribution in [0.3, 0.4) is 0 Å². The van der Waals surface area contributed by atoms with Gasteiger partial charge in [0, 0.05) is 24.5 Å². The van der Waals surface area contributed by atoms with E-state index in [9.17, 15) is 4.79 Å². The molecule has 0 bridgehead atoms. The zero-order valence-electron chi connectivity index (χ0n) is 14.0. The largest absolute Gasteiger partial charge is 0.383 e. The fourth-order valence-corrected chi connectivity index (χ4v) is 3.66. The SMILES string of the molecule is CCCC(Cc1ccc2c(N)ncnc2c1)C1NCCNC1C=O. The zero-order chi connectivity index (χ0) is 16.9. The monoisotopic (exact) mass is 327 g/mol. The molecule has 2 aromatic rings. The molecule has 0 amide bonds. The molecule has 3 rings (SSSR count). The number of carbonyl (C=O) groups is 1. The Morgan fingerprint density at radius 1 is 1.33 bits per heavy atom. The summed E-state index contributed by atoms with van der Waals surface area (Å²) in [6.07, 6.45) is 5.62. The number of hydrogen-bond acceptors (Lipinski definition) is 6. The highest BCUT2D eigenvalue weighted by molar-refractivity contribution is 5.88. The van der Waals surface area contributed by atoms with Gasteiger partial charge in [0.15, 0.2) is 0 Å². The molecule has 1 aromatic carbocycles. The van der Waals surface area contributed by atoms with Gasteiger partial charge in [-0.15, -0.1) is 0 Å². The number of rotatable bonds is 6. The fraction of sp³-hybridized carbons (Fsp3) is 0.500. The van der Waals surface area contributed by atoms with E-state index in [0.717, 1.165) is 49.5 Å². The van der Waals surface area contributed by atoms with Gasteiger partial charge in [0.25, 0.3) is 0 Å². The van der Waals surface area contributed by atoms with Crippen molar-refractivity contribution < 1.29 is 4.79 Å². The van der Waals surface area contributed by atoms with E-state index in [2.05, 4.69) is 39.7 Å². The molecule has 6 heteroatoms. The van der Waals surface area contributed by atoms with E-state index in [1.54, 1.807) is 0 Å². The molecule has 2 heterocycles. The van der Waals surface area contributed by atoms with Gasteiger partial charge in [-0.05, 0) is 36.5 Å². The lowest BCUT2D eigenvalue weighted by Crippen LogP contribution is -2.59. The average molecular weight is 327 g/mol. The zero-order valence-corrected chi connectivity index (χ0v) is 14.0. The number of aldehydes is 1. The molecule has 24 heavy (non-hydrogen) atoms. The number of piperazine rings is 1. The van der Waals surface area contributed by atoms with Crippen molar-refractivity contribution in [3.63, 3.8) is 0 Å². The highest BCUT2D eigenvalue weighted by Crippen LogP contribution is 2.24. The van der Waals surface area contributed by atoms with Crippen molar-refractivity contribution in [2.45, 2.75) is 38.3 Å². The van der Waals surface area contributed by atoms with Crippen LogP contribution in [-0.4, -0.2) is 41.4 Å². The Balaban J connectivity index is 1.83. The minimum Gasteiger partial charge on any atom is -0.383 e.